The zero-order chi connectivity index (χ0) is 11.7. The zero-order valence-electron chi connectivity index (χ0n) is 11.0. The maximum Gasteiger partial charge on any atom is 0.0462 e. The topological polar surface area (TPSA) is 24.5 Å². The molecule has 0 aliphatic carbocycles. The van der Waals surface area contributed by atoms with Gasteiger partial charge in [0.1, 0.15) is 0 Å². The number of ether oxygens (including phenoxy) is 1. The number of nitrogens with one attached hydrogen (secondary N) is 1. The van der Waals surface area contributed by atoms with Crippen molar-refractivity contribution in [3.8, 4) is 0 Å². The van der Waals surface area contributed by atoms with Crippen LogP contribution in [0.4, 0.5) is 0 Å². The molecule has 3 heteroatoms. The molecule has 1 N–H and O–H groups in total. The molecule has 1 unspecified atom stereocenters. The quantitative estimate of drug-likeness (QED) is 0.592. The maximum absolute atomic E-state index is 5.02. The van der Waals surface area contributed by atoms with Gasteiger partial charge in [-0.05, 0) is 39.4 Å². The number of nitrogens with zero attached hydrogens (tertiary/aromatic N) is 1. The molecule has 0 bridgehead atoms. The summed E-state index contributed by atoms with van der Waals surface area (Å²) in [5.74, 6) is 0.690. The van der Waals surface area contributed by atoms with Crippen LogP contribution < -0.4 is 5.32 Å². The van der Waals surface area contributed by atoms with Crippen LogP contribution in [0.3, 0.4) is 0 Å². The zero-order valence-corrected chi connectivity index (χ0v) is 11.0. The van der Waals surface area contributed by atoms with Gasteiger partial charge in [-0.3, -0.25) is 0 Å². The van der Waals surface area contributed by atoms with Gasteiger partial charge < -0.3 is 15.0 Å². The first-order chi connectivity index (χ1) is 7.07. The van der Waals surface area contributed by atoms with Crippen LogP contribution in [0.1, 0.15) is 26.7 Å². The molecular formula is C12H28N2O. The van der Waals surface area contributed by atoms with Crippen molar-refractivity contribution in [3.05, 3.63) is 0 Å². The van der Waals surface area contributed by atoms with Crippen molar-refractivity contribution in [1.29, 1.82) is 0 Å². The lowest BCUT2D eigenvalue weighted by molar-refractivity contribution is 0.191. The Hall–Kier alpha value is -0.120. The van der Waals surface area contributed by atoms with Crippen molar-refractivity contribution >= 4 is 0 Å². The Labute approximate surface area is 95.2 Å². The third-order valence-corrected chi connectivity index (χ3v) is 2.55. The third-order valence-electron chi connectivity index (χ3n) is 2.55. The van der Waals surface area contributed by atoms with Crippen LogP contribution in [0.5, 0.6) is 0 Å². The summed E-state index contributed by atoms with van der Waals surface area (Å²) in [5, 5.41) is 3.61. The Morgan fingerprint density at radius 2 is 1.87 bits per heavy atom. The van der Waals surface area contributed by atoms with Gasteiger partial charge in [0.2, 0.25) is 0 Å². The molecule has 92 valence electrons. The smallest absolute Gasteiger partial charge is 0.0462 e. The van der Waals surface area contributed by atoms with Gasteiger partial charge in [0.25, 0.3) is 0 Å². The fourth-order valence-electron chi connectivity index (χ4n) is 1.56. The van der Waals surface area contributed by atoms with Crippen LogP contribution in [0.15, 0.2) is 0 Å². The second-order valence-electron chi connectivity index (χ2n) is 4.77. The lowest BCUT2D eigenvalue weighted by atomic mass is 10.0. The Morgan fingerprint density at radius 3 is 2.33 bits per heavy atom. The van der Waals surface area contributed by atoms with Crippen LogP contribution in [-0.4, -0.2) is 51.8 Å². The summed E-state index contributed by atoms with van der Waals surface area (Å²) < 4.78 is 5.02. The molecule has 0 fully saturated rings. The van der Waals surface area contributed by atoms with Crippen molar-refractivity contribution in [3.63, 3.8) is 0 Å². The summed E-state index contributed by atoms with van der Waals surface area (Å²) in [5.41, 5.74) is 0. The molecule has 0 aliphatic rings. The lowest BCUT2D eigenvalue weighted by Crippen LogP contribution is -2.42. The standard InChI is InChI=1S/C12H28N2O/c1-11(2)12(10-14(3)4)13-8-6-7-9-15-5/h11-13H,6-10H2,1-5H3. The average Bonchev–Trinajstić information content (AvgIpc) is 2.15. The monoisotopic (exact) mass is 216 g/mol. The molecule has 0 aromatic carbocycles. The van der Waals surface area contributed by atoms with E-state index in [0.29, 0.717) is 12.0 Å². The molecule has 0 saturated heterocycles. The number of rotatable bonds is 9. The fourth-order valence-corrected chi connectivity index (χ4v) is 1.56. The molecule has 0 spiro atoms. The van der Waals surface area contributed by atoms with Crippen LogP contribution in [-0.2, 0) is 4.74 Å². The van der Waals surface area contributed by atoms with Crippen molar-refractivity contribution in [2.24, 2.45) is 5.92 Å². The van der Waals surface area contributed by atoms with Crippen LogP contribution >= 0.6 is 0 Å². The molecule has 0 aromatic heterocycles. The highest BCUT2D eigenvalue weighted by Crippen LogP contribution is 2.02. The van der Waals surface area contributed by atoms with Gasteiger partial charge in [0.05, 0.1) is 0 Å². The van der Waals surface area contributed by atoms with Gasteiger partial charge in [-0.25, -0.2) is 0 Å². The highest BCUT2D eigenvalue weighted by molar-refractivity contribution is 4.72. The van der Waals surface area contributed by atoms with Gasteiger partial charge in [0.15, 0.2) is 0 Å². The number of hydrogen-bond donors (Lipinski definition) is 1. The highest BCUT2D eigenvalue weighted by Gasteiger charge is 2.12. The number of methoxy groups -OCH3 is 1. The van der Waals surface area contributed by atoms with E-state index in [1.54, 1.807) is 7.11 Å². The normalized spacial score (nSPS) is 13.8. The minimum absolute atomic E-state index is 0.600. The van der Waals surface area contributed by atoms with Gasteiger partial charge in [0, 0.05) is 26.3 Å². The minimum Gasteiger partial charge on any atom is -0.385 e. The number of unbranched alkanes of at least 4 members (excludes halogenated alkanes) is 1. The first kappa shape index (κ1) is 14.9. The van der Waals surface area contributed by atoms with Crippen LogP contribution in [0.2, 0.25) is 0 Å². The Bertz CT molecular complexity index is 138. The fraction of sp³-hybridized carbons (Fsp3) is 1.00. The first-order valence-corrected chi connectivity index (χ1v) is 5.95. The van der Waals surface area contributed by atoms with Crippen molar-refractivity contribution in [1.82, 2.24) is 10.2 Å². The molecule has 1 atom stereocenters. The van der Waals surface area contributed by atoms with E-state index in [9.17, 15) is 0 Å². The molecule has 3 nitrogen and oxygen atoms in total. The second-order valence-corrected chi connectivity index (χ2v) is 4.77. The van der Waals surface area contributed by atoms with E-state index in [-0.39, 0.29) is 0 Å². The van der Waals surface area contributed by atoms with Crippen molar-refractivity contribution < 1.29 is 4.74 Å². The summed E-state index contributed by atoms with van der Waals surface area (Å²) in [6.45, 7) is 7.64. The van der Waals surface area contributed by atoms with Crippen LogP contribution in [0, 0.1) is 5.92 Å². The second kappa shape index (κ2) is 9.13. The average molecular weight is 216 g/mol. The van der Waals surface area contributed by atoms with Crippen molar-refractivity contribution in [2.75, 3.05) is 40.9 Å². The first-order valence-electron chi connectivity index (χ1n) is 5.95. The molecule has 0 radical (unpaired) electrons. The summed E-state index contributed by atoms with van der Waals surface area (Å²) >= 11 is 0. The highest BCUT2D eigenvalue weighted by atomic mass is 16.5. The van der Waals surface area contributed by atoms with E-state index in [1.165, 1.54) is 6.42 Å². The van der Waals surface area contributed by atoms with Crippen molar-refractivity contribution in [2.45, 2.75) is 32.7 Å². The minimum atomic E-state index is 0.600. The molecule has 0 rings (SSSR count). The van der Waals surface area contributed by atoms with E-state index >= 15 is 0 Å². The van der Waals surface area contributed by atoms with E-state index in [1.807, 2.05) is 0 Å². The summed E-state index contributed by atoms with van der Waals surface area (Å²) in [6, 6.07) is 0.600. The summed E-state index contributed by atoms with van der Waals surface area (Å²) in [4.78, 5) is 2.24. The van der Waals surface area contributed by atoms with Gasteiger partial charge in [-0.2, -0.15) is 0 Å². The Kier molecular flexibility index (Phi) is 9.06. The van der Waals surface area contributed by atoms with E-state index in [0.717, 1.165) is 26.1 Å². The van der Waals surface area contributed by atoms with E-state index in [4.69, 9.17) is 4.74 Å². The lowest BCUT2D eigenvalue weighted by Gasteiger charge is -2.25. The molecular weight excluding hydrogens is 188 g/mol. The van der Waals surface area contributed by atoms with Gasteiger partial charge in [-0.15, -0.1) is 0 Å². The molecule has 15 heavy (non-hydrogen) atoms. The molecule has 0 aliphatic heterocycles. The Balaban J connectivity index is 3.58. The van der Waals surface area contributed by atoms with Gasteiger partial charge >= 0.3 is 0 Å². The SMILES string of the molecule is COCCCCNC(CN(C)C)C(C)C. The van der Waals surface area contributed by atoms with Gasteiger partial charge in [-0.1, -0.05) is 13.8 Å². The Morgan fingerprint density at radius 1 is 1.20 bits per heavy atom. The predicted octanol–water partition coefficient (Wildman–Crippen LogP) is 1.59. The molecule has 0 heterocycles. The number of hydrogen-bond acceptors (Lipinski definition) is 3. The van der Waals surface area contributed by atoms with E-state index < -0.39 is 0 Å². The summed E-state index contributed by atoms with van der Waals surface area (Å²) in [7, 11) is 6.01. The number of likely N-dealkylation sites (N-methyl/N-ethyl adjacent to an activating group) is 1. The van der Waals surface area contributed by atoms with Crippen LogP contribution in [0.25, 0.3) is 0 Å². The predicted molar refractivity (Wildman–Crippen MR) is 66.3 cm³/mol. The largest absolute Gasteiger partial charge is 0.385 e. The third kappa shape index (κ3) is 8.85. The molecule has 0 amide bonds. The summed E-state index contributed by atoms with van der Waals surface area (Å²) in [6.07, 6.45) is 2.35. The maximum atomic E-state index is 5.02. The molecule has 0 aromatic rings. The molecule has 0 saturated carbocycles. The van der Waals surface area contributed by atoms with E-state index in [2.05, 4.69) is 38.2 Å².